The largest absolute Gasteiger partial charge is 0.348 e. The average molecular weight is 342 g/mol. The summed E-state index contributed by atoms with van der Waals surface area (Å²) in [5.41, 5.74) is 2.39. The number of hydrogen-bond acceptors (Lipinski definition) is 3. The number of nitrogens with one attached hydrogen (secondary N) is 1. The molecule has 24 heavy (non-hydrogen) atoms. The van der Waals surface area contributed by atoms with Gasteiger partial charge in [0.05, 0.1) is 12.0 Å². The Morgan fingerprint density at radius 3 is 2.67 bits per heavy atom. The van der Waals surface area contributed by atoms with Crippen molar-refractivity contribution >= 4 is 23.2 Å². The van der Waals surface area contributed by atoms with Gasteiger partial charge >= 0.3 is 0 Å². The maximum atomic E-state index is 12.7. The lowest BCUT2D eigenvalue weighted by molar-refractivity contribution is -0.128. The van der Waals surface area contributed by atoms with E-state index in [1.807, 2.05) is 18.2 Å². The van der Waals surface area contributed by atoms with E-state index >= 15 is 0 Å². The lowest BCUT2D eigenvalue weighted by atomic mass is 10.0. The fourth-order valence-corrected chi connectivity index (χ4v) is 4.11. The third-order valence-electron chi connectivity index (χ3n) is 4.53. The van der Waals surface area contributed by atoms with Crippen LogP contribution in [0.25, 0.3) is 0 Å². The van der Waals surface area contributed by atoms with Crippen LogP contribution in [0.15, 0.2) is 41.8 Å². The summed E-state index contributed by atoms with van der Waals surface area (Å²) in [5.74, 6) is -0.232. The Balaban J connectivity index is 1.76. The van der Waals surface area contributed by atoms with Gasteiger partial charge in [0.15, 0.2) is 0 Å². The number of aryl methyl sites for hydroxylation is 1. The Morgan fingerprint density at radius 1 is 1.33 bits per heavy atom. The minimum absolute atomic E-state index is 0.0265. The summed E-state index contributed by atoms with van der Waals surface area (Å²) in [6.07, 6.45) is 1.06. The highest BCUT2D eigenvalue weighted by Gasteiger charge is 2.33. The zero-order chi connectivity index (χ0) is 17.1. The Morgan fingerprint density at radius 2 is 2.08 bits per heavy atom. The van der Waals surface area contributed by atoms with E-state index in [9.17, 15) is 9.59 Å². The first-order valence-corrected chi connectivity index (χ1v) is 9.05. The quantitative estimate of drug-likeness (QED) is 0.908. The van der Waals surface area contributed by atoms with Crippen LogP contribution in [0.1, 0.15) is 28.5 Å². The van der Waals surface area contributed by atoms with Crippen molar-refractivity contribution in [2.24, 2.45) is 5.92 Å². The van der Waals surface area contributed by atoms with Gasteiger partial charge in [-0.1, -0.05) is 30.3 Å². The van der Waals surface area contributed by atoms with Gasteiger partial charge in [-0.05, 0) is 35.9 Å². The fraction of sp³-hybridized carbons (Fsp3) is 0.368. The van der Waals surface area contributed by atoms with E-state index in [1.165, 1.54) is 16.0 Å². The number of nitrogens with zero attached hydrogens (tertiary/aromatic N) is 1. The molecule has 0 saturated carbocycles. The van der Waals surface area contributed by atoms with Gasteiger partial charge in [-0.2, -0.15) is 0 Å². The third kappa shape index (κ3) is 3.67. The van der Waals surface area contributed by atoms with Crippen molar-refractivity contribution in [2.45, 2.75) is 25.8 Å². The number of rotatable bonds is 5. The molecule has 5 heteroatoms. The van der Waals surface area contributed by atoms with Crippen LogP contribution in [0.2, 0.25) is 0 Å². The number of hydrogen-bond donors (Lipinski definition) is 1. The Labute approximate surface area is 146 Å². The molecule has 2 unspecified atom stereocenters. The maximum Gasteiger partial charge on any atom is 0.225 e. The second-order valence-corrected chi connectivity index (χ2v) is 7.34. The van der Waals surface area contributed by atoms with Gasteiger partial charge in [-0.3, -0.25) is 9.59 Å². The van der Waals surface area contributed by atoms with E-state index in [2.05, 4.69) is 35.8 Å². The fourth-order valence-electron chi connectivity index (χ4n) is 3.13. The molecule has 2 amide bonds. The number of likely N-dealkylation sites (tertiary alicyclic amines) is 1. The molecule has 1 aromatic carbocycles. The Hall–Kier alpha value is -2.14. The van der Waals surface area contributed by atoms with Crippen LogP contribution in [0.5, 0.6) is 0 Å². The first kappa shape index (κ1) is 16.7. The summed E-state index contributed by atoms with van der Waals surface area (Å²) in [5, 5.41) is 5.24. The van der Waals surface area contributed by atoms with E-state index in [0.717, 1.165) is 6.42 Å². The molecular formula is C19H22N2O2S. The summed E-state index contributed by atoms with van der Waals surface area (Å²) >= 11 is 1.67. The zero-order valence-electron chi connectivity index (χ0n) is 14.0. The highest BCUT2D eigenvalue weighted by molar-refractivity contribution is 7.10. The van der Waals surface area contributed by atoms with Gasteiger partial charge in [-0.15, -0.1) is 11.3 Å². The molecule has 1 fully saturated rings. The van der Waals surface area contributed by atoms with Crippen molar-refractivity contribution in [3.63, 3.8) is 0 Å². The van der Waals surface area contributed by atoms with Gasteiger partial charge in [0, 0.05) is 24.9 Å². The van der Waals surface area contributed by atoms with Crippen molar-refractivity contribution in [1.82, 2.24) is 10.2 Å². The molecule has 1 aliphatic heterocycles. The van der Waals surface area contributed by atoms with Crippen LogP contribution in [0, 0.1) is 12.8 Å². The third-order valence-corrected chi connectivity index (χ3v) is 5.66. The smallest absolute Gasteiger partial charge is 0.225 e. The van der Waals surface area contributed by atoms with Crippen LogP contribution in [-0.2, 0) is 16.0 Å². The Kier molecular flexibility index (Phi) is 5.00. The normalized spacial score (nSPS) is 18.7. The standard InChI is InChI=1S/C19H22N2O2S/c1-13-8-9-24-18(13)16(10-14-6-4-3-5-7-14)20-19(23)15-11-17(22)21(2)12-15/h3-9,15-16H,10-12H2,1-2H3,(H,20,23). The van der Waals surface area contributed by atoms with E-state index in [0.29, 0.717) is 13.0 Å². The molecule has 0 radical (unpaired) electrons. The maximum absolute atomic E-state index is 12.7. The second kappa shape index (κ2) is 7.18. The van der Waals surface area contributed by atoms with Crippen LogP contribution in [-0.4, -0.2) is 30.3 Å². The first-order chi connectivity index (χ1) is 11.5. The minimum Gasteiger partial charge on any atom is -0.348 e. The van der Waals surface area contributed by atoms with Gasteiger partial charge < -0.3 is 10.2 Å². The van der Waals surface area contributed by atoms with Gasteiger partial charge in [0.25, 0.3) is 0 Å². The number of carbonyl (C=O) groups is 2. The van der Waals surface area contributed by atoms with Crippen molar-refractivity contribution < 1.29 is 9.59 Å². The molecule has 126 valence electrons. The molecule has 0 bridgehead atoms. The van der Waals surface area contributed by atoms with Crippen LogP contribution in [0.3, 0.4) is 0 Å². The van der Waals surface area contributed by atoms with Gasteiger partial charge in [-0.25, -0.2) is 0 Å². The molecule has 2 aromatic rings. The van der Waals surface area contributed by atoms with E-state index in [-0.39, 0.29) is 23.8 Å². The molecule has 1 aromatic heterocycles. The summed E-state index contributed by atoms with van der Waals surface area (Å²) in [7, 11) is 1.75. The predicted octanol–water partition coefficient (Wildman–Crippen LogP) is 2.93. The van der Waals surface area contributed by atoms with E-state index in [4.69, 9.17) is 0 Å². The monoisotopic (exact) mass is 342 g/mol. The minimum atomic E-state index is -0.249. The van der Waals surface area contributed by atoms with Crippen molar-refractivity contribution in [3.8, 4) is 0 Å². The predicted molar refractivity (Wildman–Crippen MR) is 95.8 cm³/mol. The van der Waals surface area contributed by atoms with E-state index in [1.54, 1.807) is 23.3 Å². The summed E-state index contributed by atoms with van der Waals surface area (Å²) in [6, 6.07) is 12.2. The molecule has 3 rings (SSSR count). The number of thiophene rings is 1. The lowest BCUT2D eigenvalue weighted by Gasteiger charge is -2.21. The lowest BCUT2D eigenvalue weighted by Crippen LogP contribution is -2.36. The summed E-state index contributed by atoms with van der Waals surface area (Å²) < 4.78 is 0. The molecule has 2 heterocycles. The van der Waals surface area contributed by atoms with Crippen molar-refractivity contribution in [3.05, 3.63) is 57.8 Å². The van der Waals surface area contributed by atoms with Crippen molar-refractivity contribution in [1.29, 1.82) is 0 Å². The highest BCUT2D eigenvalue weighted by Crippen LogP contribution is 2.28. The topological polar surface area (TPSA) is 49.4 Å². The molecule has 1 aliphatic rings. The zero-order valence-corrected chi connectivity index (χ0v) is 14.8. The van der Waals surface area contributed by atoms with Gasteiger partial charge in [0.1, 0.15) is 0 Å². The molecule has 1 N–H and O–H groups in total. The number of carbonyl (C=O) groups excluding carboxylic acids is 2. The Bertz CT molecular complexity index is 726. The van der Waals surface area contributed by atoms with Crippen LogP contribution in [0.4, 0.5) is 0 Å². The van der Waals surface area contributed by atoms with E-state index < -0.39 is 0 Å². The van der Waals surface area contributed by atoms with Crippen molar-refractivity contribution in [2.75, 3.05) is 13.6 Å². The number of amides is 2. The number of benzene rings is 1. The molecule has 1 saturated heterocycles. The average Bonchev–Trinajstić information content (AvgIpc) is 3.14. The second-order valence-electron chi connectivity index (χ2n) is 6.39. The highest BCUT2D eigenvalue weighted by atomic mass is 32.1. The first-order valence-electron chi connectivity index (χ1n) is 8.17. The molecular weight excluding hydrogens is 320 g/mol. The molecule has 0 aliphatic carbocycles. The molecule has 4 nitrogen and oxygen atoms in total. The summed E-state index contributed by atoms with van der Waals surface area (Å²) in [4.78, 5) is 27.2. The van der Waals surface area contributed by atoms with Crippen LogP contribution < -0.4 is 5.32 Å². The summed E-state index contributed by atoms with van der Waals surface area (Å²) in [6.45, 7) is 2.58. The van der Waals surface area contributed by atoms with Gasteiger partial charge in [0.2, 0.25) is 11.8 Å². The molecule has 0 spiro atoms. The SMILES string of the molecule is Cc1ccsc1C(Cc1ccccc1)NC(=O)C1CC(=O)N(C)C1. The molecule has 2 atom stereocenters. The van der Waals surface area contributed by atoms with Crippen LogP contribution >= 0.6 is 11.3 Å².